The molecule has 4 atom stereocenters. The second kappa shape index (κ2) is 13.9. The van der Waals surface area contributed by atoms with Crippen molar-refractivity contribution in [3.05, 3.63) is 11.3 Å². The number of fused-ring (bicyclic) bond motifs is 1. The summed E-state index contributed by atoms with van der Waals surface area (Å²) in [6, 6.07) is -2.76. The summed E-state index contributed by atoms with van der Waals surface area (Å²) in [6.45, 7) is 3.12. The van der Waals surface area contributed by atoms with E-state index in [0.29, 0.717) is 15.6 Å². The number of aliphatic hydroxyl groups excluding tert-OH is 1. The standard InChI is InChI=1S/C22H29N9O9S2.Na/c1-5-29-6-7-30(16(35)15(29)34)20(39)23-12(10(2)32)14(33)24-22(40-4)18(38)31-13(17(36)37)11(8-41-19(22)31)9-42-21-25-26-27-28(21)3;/h10,12,19,32H,5-9H2,1-4H3,(H,23,39)(H,24,33)(H,36,37);/q;+1/p-1/t10-,12-,19+,22+;/m1./s1. The van der Waals surface area contributed by atoms with Crippen LogP contribution in [-0.2, 0) is 35.8 Å². The van der Waals surface area contributed by atoms with E-state index in [9.17, 15) is 39.0 Å². The molecular weight excluding hydrogens is 621 g/mol. The zero-order chi connectivity index (χ0) is 30.9. The molecule has 3 aliphatic heterocycles. The van der Waals surface area contributed by atoms with Crippen molar-refractivity contribution in [2.45, 2.75) is 42.2 Å². The van der Waals surface area contributed by atoms with E-state index in [0.717, 1.165) is 35.5 Å². The first-order valence-electron chi connectivity index (χ1n) is 12.6. The zero-order valence-electron chi connectivity index (χ0n) is 23.9. The van der Waals surface area contributed by atoms with Crippen LogP contribution in [-0.4, -0.2) is 137 Å². The number of aryl methyl sites for hydroxylation is 1. The molecule has 0 saturated carbocycles. The molecule has 3 aliphatic rings. The number of hydrogen-bond acceptors (Lipinski definition) is 14. The second-order valence-electron chi connectivity index (χ2n) is 9.39. The van der Waals surface area contributed by atoms with Gasteiger partial charge in [0.05, 0.1) is 17.8 Å². The van der Waals surface area contributed by atoms with Gasteiger partial charge in [-0.25, -0.2) is 9.48 Å². The van der Waals surface area contributed by atoms with E-state index >= 15 is 0 Å². The molecule has 4 heterocycles. The number of tetrazole rings is 1. The van der Waals surface area contributed by atoms with Crippen molar-refractivity contribution < 1.29 is 73.3 Å². The minimum atomic E-state index is -2.04. The Morgan fingerprint density at radius 1 is 1.26 bits per heavy atom. The van der Waals surface area contributed by atoms with Gasteiger partial charge in [-0.3, -0.25) is 29.0 Å². The Hall–Kier alpha value is -2.75. The maximum Gasteiger partial charge on any atom is 1.00 e. The Labute approximate surface area is 275 Å². The summed E-state index contributed by atoms with van der Waals surface area (Å²) >= 11 is 2.28. The molecule has 43 heavy (non-hydrogen) atoms. The molecule has 21 heteroatoms. The number of β-lactam (4-membered cyclic amide) rings is 1. The van der Waals surface area contributed by atoms with Crippen molar-refractivity contribution in [1.29, 1.82) is 0 Å². The number of nitrogens with zero attached hydrogens (tertiary/aromatic N) is 7. The number of aromatic nitrogens is 4. The van der Waals surface area contributed by atoms with Gasteiger partial charge in [0.1, 0.15) is 11.4 Å². The molecule has 0 unspecified atom stereocenters. The molecule has 0 aromatic carbocycles. The van der Waals surface area contributed by atoms with E-state index in [1.807, 2.05) is 0 Å². The number of carboxylic acids is 1. The summed E-state index contributed by atoms with van der Waals surface area (Å²) in [5.41, 5.74) is -2.04. The van der Waals surface area contributed by atoms with Crippen molar-refractivity contribution in [3.8, 4) is 0 Å². The van der Waals surface area contributed by atoms with Gasteiger partial charge in [-0.2, -0.15) is 0 Å². The smallest absolute Gasteiger partial charge is 0.543 e. The normalized spacial score (nSPS) is 23.2. The Bertz CT molecular complexity index is 1360. The van der Waals surface area contributed by atoms with E-state index in [1.54, 1.807) is 14.0 Å². The number of nitrogens with one attached hydrogen (secondary N) is 2. The van der Waals surface area contributed by atoms with Gasteiger partial charge in [0.15, 0.2) is 0 Å². The van der Waals surface area contributed by atoms with Crippen LogP contribution < -0.4 is 45.3 Å². The number of hydrogen-bond donors (Lipinski definition) is 3. The van der Waals surface area contributed by atoms with Crippen LogP contribution in [0.25, 0.3) is 0 Å². The number of rotatable bonds is 10. The van der Waals surface area contributed by atoms with E-state index in [-0.39, 0.29) is 66.4 Å². The van der Waals surface area contributed by atoms with Gasteiger partial charge in [-0.05, 0) is 29.8 Å². The van der Waals surface area contributed by atoms with Crippen LogP contribution in [0, 0.1) is 0 Å². The number of aliphatic hydroxyl groups is 1. The van der Waals surface area contributed by atoms with Gasteiger partial charge in [0, 0.05) is 45.3 Å². The monoisotopic (exact) mass is 649 g/mol. The quantitative estimate of drug-likeness (QED) is 0.0703. The van der Waals surface area contributed by atoms with E-state index in [1.165, 1.54) is 16.5 Å². The average molecular weight is 650 g/mol. The average Bonchev–Trinajstić information content (AvgIpc) is 3.37. The molecule has 6 amide bonds. The first-order chi connectivity index (χ1) is 19.9. The second-order valence-corrected chi connectivity index (χ2v) is 11.4. The fourth-order valence-electron chi connectivity index (χ4n) is 4.58. The fraction of sp³-hybridized carbons (Fsp3) is 0.591. The van der Waals surface area contributed by atoms with E-state index in [2.05, 4.69) is 26.2 Å². The van der Waals surface area contributed by atoms with E-state index in [4.69, 9.17) is 4.74 Å². The molecule has 18 nitrogen and oxygen atoms in total. The molecule has 1 aromatic rings. The summed E-state index contributed by atoms with van der Waals surface area (Å²) in [7, 11) is 2.75. The predicted molar refractivity (Wildman–Crippen MR) is 140 cm³/mol. The van der Waals surface area contributed by atoms with Crippen LogP contribution >= 0.6 is 23.5 Å². The molecule has 228 valence electrons. The number of carbonyl (C=O) groups excluding carboxylic acids is 6. The molecule has 0 bridgehead atoms. The van der Waals surface area contributed by atoms with Crippen molar-refractivity contribution in [3.63, 3.8) is 0 Å². The Morgan fingerprint density at radius 3 is 2.51 bits per heavy atom. The number of piperazine rings is 1. The number of likely N-dealkylation sites (N-methyl/N-ethyl adjacent to an activating group) is 1. The molecule has 2 saturated heterocycles. The Morgan fingerprint density at radius 2 is 1.95 bits per heavy atom. The summed E-state index contributed by atoms with van der Waals surface area (Å²) in [4.78, 5) is 79.0. The molecule has 3 N–H and O–H groups in total. The third kappa shape index (κ3) is 6.40. The summed E-state index contributed by atoms with van der Waals surface area (Å²) < 4.78 is 6.81. The Kier molecular flexibility index (Phi) is 11.2. The van der Waals surface area contributed by atoms with Crippen LogP contribution in [0.1, 0.15) is 13.8 Å². The van der Waals surface area contributed by atoms with Gasteiger partial charge in [-0.1, -0.05) is 11.8 Å². The van der Waals surface area contributed by atoms with Crippen molar-refractivity contribution in [2.75, 3.05) is 38.2 Å². The minimum Gasteiger partial charge on any atom is -0.543 e. The predicted octanol–water partition coefficient (Wildman–Crippen LogP) is -7.17. The molecule has 2 fully saturated rings. The molecular formula is C22H28N9NaO9S2. The third-order valence-corrected chi connectivity index (χ3v) is 9.34. The molecule has 1 aromatic heterocycles. The third-order valence-electron chi connectivity index (χ3n) is 6.87. The maximum absolute atomic E-state index is 13.4. The zero-order valence-corrected chi connectivity index (χ0v) is 27.6. The van der Waals surface area contributed by atoms with Crippen LogP contribution in [0.3, 0.4) is 0 Å². The summed E-state index contributed by atoms with van der Waals surface area (Å²) in [6.07, 6.45) is -1.51. The topological polar surface area (TPSA) is 232 Å². The fourth-order valence-corrected chi connectivity index (χ4v) is 7.01. The van der Waals surface area contributed by atoms with Crippen LogP contribution in [0.2, 0.25) is 0 Å². The number of carboxylic acid groups (broad SMARTS) is 1. The molecule has 0 radical (unpaired) electrons. The van der Waals surface area contributed by atoms with Crippen molar-refractivity contribution in [1.82, 2.24) is 45.5 Å². The van der Waals surface area contributed by atoms with Gasteiger partial charge in [0.2, 0.25) is 11.1 Å². The molecule has 0 aliphatic carbocycles. The van der Waals surface area contributed by atoms with Crippen molar-refractivity contribution in [2.24, 2.45) is 7.05 Å². The van der Waals surface area contributed by atoms with Gasteiger partial charge < -0.3 is 35.3 Å². The van der Waals surface area contributed by atoms with Gasteiger partial charge in [0.25, 0.3) is 11.6 Å². The number of aliphatic carboxylic acids is 1. The first kappa shape index (κ1) is 34.7. The van der Waals surface area contributed by atoms with E-state index < -0.39 is 58.9 Å². The summed E-state index contributed by atoms with van der Waals surface area (Å²) in [5.74, 6) is -5.27. The molecule has 4 rings (SSSR count). The number of methoxy groups -OCH3 is 1. The SMILES string of the molecule is CCN1CCN(C(=O)N[C@@H](C(=O)N[C@]2(OC)C(=O)N3C(C(=O)[O-])=C(CSc4nnnn4C)CS[C@H]32)[C@@H](C)O)C(=O)C1=O.[Na+]. The summed E-state index contributed by atoms with van der Waals surface area (Å²) in [5, 5.41) is 37.5. The van der Waals surface area contributed by atoms with Crippen molar-refractivity contribution >= 4 is 59.2 Å². The number of amides is 6. The number of urea groups is 1. The largest absolute Gasteiger partial charge is 1.00 e. The van der Waals surface area contributed by atoms with Crippen LogP contribution in [0.5, 0.6) is 0 Å². The Balaban J connectivity index is 0.00000506. The number of carbonyl (C=O) groups is 6. The number of ether oxygens (including phenoxy) is 1. The molecule has 0 spiro atoms. The van der Waals surface area contributed by atoms with Crippen LogP contribution in [0.4, 0.5) is 4.79 Å². The van der Waals surface area contributed by atoms with Crippen LogP contribution in [0.15, 0.2) is 16.4 Å². The van der Waals surface area contributed by atoms with Gasteiger partial charge >= 0.3 is 47.4 Å². The number of thioether (sulfide) groups is 2. The van der Waals surface area contributed by atoms with Gasteiger partial charge in [-0.15, -0.1) is 16.9 Å². The minimum absolute atomic E-state index is 0. The number of imide groups is 1. The maximum atomic E-state index is 13.4. The first-order valence-corrected chi connectivity index (χ1v) is 14.6.